The van der Waals surface area contributed by atoms with Crippen molar-refractivity contribution in [3.05, 3.63) is 78.6 Å². The van der Waals surface area contributed by atoms with Crippen molar-refractivity contribution in [3.63, 3.8) is 0 Å². The van der Waals surface area contributed by atoms with Crippen LogP contribution in [0.4, 0.5) is 5.82 Å². The summed E-state index contributed by atoms with van der Waals surface area (Å²) in [6.07, 6.45) is 3.02. The van der Waals surface area contributed by atoms with Crippen LogP contribution in [0.3, 0.4) is 0 Å². The van der Waals surface area contributed by atoms with Crippen molar-refractivity contribution in [2.24, 2.45) is 0 Å². The third-order valence-corrected chi connectivity index (χ3v) is 6.98. The van der Waals surface area contributed by atoms with Gasteiger partial charge in [-0.15, -0.1) is 0 Å². The van der Waals surface area contributed by atoms with Crippen LogP contribution in [-0.4, -0.2) is 48.2 Å². The SMILES string of the molecule is COc1ccccc1Oc1c(NS(=O)(=O)c2ccc(C(C)(C)C)cc2)nc(-c2cccnc2)nc1OCC(=O)O. The molecule has 40 heavy (non-hydrogen) atoms. The Balaban J connectivity index is 1.87. The van der Waals surface area contributed by atoms with E-state index in [1.54, 1.807) is 54.7 Å². The van der Waals surface area contributed by atoms with Gasteiger partial charge in [0.05, 0.1) is 12.0 Å². The Labute approximate surface area is 231 Å². The summed E-state index contributed by atoms with van der Waals surface area (Å²) < 4.78 is 46.3. The number of aromatic nitrogens is 3. The summed E-state index contributed by atoms with van der Waals surface area (Å²) in [4.78, 5) is 24.1. The van der Waals surface area contributed by atoms with Crippen molar-refractivity contribution in [2.75, 3.05) is 18.4 Å². The molecule has 2 heterocycles. The van der Waals surface area contributed by atoms with Crippen molar-refractivity contribution in [1.29, 1.82) is 0 Å². The number of methoxy groups -OCH3 is 1. The number of carboxylic acids is 1. The Hall–Kier alpha value is -4.71. The molecule has 0 unspecified atom stereocenters. The van der Waals surface area contributed by atoms with Crippen LogP contribution in [0, 0.1) is 0 Å². The van der Waals surface area contributed by atoms with Crippen LogP contribution < -0.4 is 18.9 Å². The van der Waals surface area contributed by atoms with Crippen molar-refractivity contribution >= 4 is 21.8 Å². The number of ether oxygens (including phenoxy) is 3. The lowest BCUT2D eigenvalue weighted by molar-refractivity contribution is -0.139. The quantitative estimate of drug-likeness (QED) is 0.272. The molecule has 2 N–H and O–H groups in total. The zero-order valence-corrected chi connectivity index (χ0v) is 23.1. The van der Waals surface area contributed by atoms with Crippen molar-refractivity contribution < 1.29 is 32.5 Å². The van der Waals surface area contributed by atoms with E-state index in [9.17, 15) is 18.3 Å². The van der Waals surface area contributed by atoms with E-state index in [0.29, 0.717) is 11.3 Å². The van der Waals surface area contributed by atoms with E-state index in [1.165, 1.54) is 25.4 Å². The minimum Gasteiger partial charge on any atom is -0.493 e. The molecule has 2 aromatic carbocycles. The lowest BCUT2D eigenvalue weighted by Gasteiger charge is -2.20. The second-order valence-electron chi connectivity index (χ2n) is 9.59. The van der Waals surface area contributed by atoms with Crippen LogP contribution in [0.2, 0.25) is 0 Å². The molecule has 0 spiro atoms. The minimum atomic E-state index is -4.19. The molecule has 11 nitrogen and oxygen atoms in total. The number of nitrogens with zero attached hydrogens (tertiary/aromatic N) is 3. The number of hydrogen-bond acceptors (Lipinski definition) is 9. The Morgan fingerprint density at radius 1 is 0.975 bits per heavy atom. The van der Waals surface area contributed by atoms with Gasteiger partial charge in [0, 0.05) is 18.0 Å². The van der Waals surface area contributed by atoms with Gasteiger partial charge in [0.1, 0.15) is 0 Å². The number of pyridine rings is 1. The fourth-order valence-electron chi connectivity index (χ4n) is 3.58. The monoisotopic (exact) mass is 564 g/mol. The molecule has 0 amide bonds. The first kappa shape index (κ1) is 28.3. The maximum atomic E-state index is 13.5. The highest BCUT2D eigenvalue weighted by atomic mass is 32.2. The summed E-state index contributed by atoms with van der Waals surface area (Å²) in [5.74, 6) is -1.56. The van der Waals surface area contributed by atoms with Gasteiger partial charge in [-0.25, -0.2) is 18.2 Å². The molecule has 4 aromatic rings. The van der Waals surface area contributed by atoms with E-state index in [0.717, 1.165) is 5.56 Å². The minimum absolute atomic E-state index is 0.0155. The van der Waals surface area contributed by atoms with Crippen LogP contribution >= 0.6 is 0 Å². The molecule has 0 aliphatic carbocycles. The molecule has 0 saturated carbocycles. The highest BCUT2D eigenvalue weighted by Gasteiger charge is 2.26. The summed E-state index contributed by atoms with van der Waals surface area (Å²) in [6, 6.07) is 16.4. The van der Waals surface area contributed by atoms with Crippen LogP contribution in [0.1, 0.15) is 26.3 Å². The zero-order valence-electron chi connectivity index (χ0n) is 22.3. The van der Waals surface area contributed by atoms with E-state index in [1.807, 2.05) is 20.8 Å². The first-order valence-electron chi connectivity index (χ1n) is 12.1. The topological polar surface area (TPSA) is 150 Å². The predicted octanol–water partition coefficient (Wildman–Crippen LogP) is 4.90. The van der Waals surface area contributed by atoms with Crippen LogP contribution in [-0.2, 0) is 20.2 Å². The molecule has 2 aromatic heterocycles. The molecule has 0 fully saturated rings. The van der Waals surface area contributed by atoms with E-state index in [-0.39, 0.29) is 39.3 Å². The van der Waals surface area contributed by atoms with Gasteiger partial charge in [-0.3, -0.25) is 9.71 Å². The summed E-state index contributed by atoms with van der Waals surface area (Å²) in [6.45, 7) is 5.30. The molecule has 208 valence electrons. The summed E-state index contributed by atoms with van der Waals surface area (Å²) >= 11 is 0. The Morgan fingerprint density at radius 2 is 1.68 bits per heavy atom. The standard InChI is InChI=1S/C28H28N4O7S/c1-28(2,3)19-11-13-20(14-12-19)40(35,36)32-26-24(39-22-10-6-5-9-21(22)37-4)27(38-17-23(33)34)31-25(30-26)18-8-7-15-29-16-18/h5-16H,17H2,1-4H3,(H,33,34)(H,30,31,32). The predicted molar refractivity (Wildman–Crippen MR) is 147 cm³/mol. The number of benzene rings is 2. The summed E-state index contributed by atoms with van der Waals surface area (Å²) in [5, 5.41) is 9.26. The largest absolute Gasteiger partial charge is 0.493 e. The number of nitrogens with one attached hydrogen (secondary N) is 1. The average molecular weight is 565 g/mol. The number of aliphatic carboxylic acids is 1. The van der Waals surface area contributed by atoms with E-state index >= 15 is 0 Å². The van der Waals surface area contributed by atoms with E-state index in [2.05, 4.69) is 19.7 Å². The lowest BCUT2D eigenvalue weighted by atomic mass is 9.87. The number of para-hydroxylation sites is 2. The summed E-state index contributed by atoms with van der Waals surface area (Å²) in [7, 11) is -2.75. The number of carbonyl (C=O) groups is 1. The molecule has 4 rings (SSSR count). The van der Waals surface area contributed by atoms with Gasteiger partial charge in [-0.2, -0.15) is 4.98 Å². The molecule has 0 aliphatic heterocycles. The molecule has 0 bridgehead atoms. The van der Waals surface area contributed by atoms with Gasteiger partial charge in [-0.05, 0) is 47.4 Å². The first-order chi connectivity index (χ1) is 19.0. The maximum absolute atomic E-state index is 13.5. The molecule has 0 atom stereocenters. The van der Waals surface area contributed by atoms with Gasteiger partial charge in [0.25, 0.3) is 15.9 Å². The number of rotatable bonds is 10. The van der Waals surface area contributed by atoms with E-state index in [4.69, 9.17) is 14.2 Å². The number of sulfonamides is 1. The third-order valence-electron chi connectivity index (χ3n) is 5.63. The van der Waals surface area contributed by atoms with Gasteiger partial charge in [-0.1, -0.05) is 45.0 Å². The molecule has 0 aliphatic rings. The van der Waals surface area contributed by atoms with Crippen molar-refractivity contribution in [3.8, 4) is 34.5 Å². The van der Waals surface area contributed by atoms with Crippen LogP contribution in [0.25, 0.3) is 11.4 Å². The molecular weight excluding hydrogens is 536 g/mol. The Kier molecular flexibility index (Phi) is 8.19. The van der Waals surface area contributed by atoms with Crippen LogP contribution in [0.5, 0.6) is 23.1 Å². The maximum Gasteiger partial charge on any atom is 0.341 e. The lowest BCUT2D eigenvalue weighted by Crippen LogP contribution is -2.18. The van der Waals surface area contributed by atoms with Gasteiger partial charge >= 0.3 is 5.97 Å². The van der Waals surface area contributed by atoms with Crippen LogP contribution in [0.15, 0.2) is 78.0 Å². The second-order valence-corrected chi connectivity index (χ2v) is 11.3. The Morgan fingerprint density at radius 3 is 2.27 bits per heavy atom. The van der Waals surface area contributed by atoms with Crippen molar-refractivity contribution in [1.82, 2.24) is 15.0 Å². The first-order valence-corrected chi connectivity index (χ1v) is 13.6. The normalized spacial score (nSPS) is 11.5. The molecule has 0 saturated heterocycles. The molecule has 0 radical (unpaired) electrons. The second kappa shape index (κ2) is 11.6. The summed E-state index contributed by atoms with van der Waals surface area (Å²) in [5.41, 5.74) is 1.21. The highest BCUT2D eigenvalue weighted by Crippen LogP contribution is 2.41. The number of carboxylic acid groups (broad SMARTS) is 1. The van der Waals surface area contributed by atoms with Crippen molar-refractivity contribution in [2.45, 2.75) is 31.1 Å². The van der Waals surface area contributed by atoms with E-state index < -0.39 is 22.6 Å². The number of hydrogen-bond donors (Lipinski definition) is 2. The zero-order chi connectivity index (χ0) is 28.9. The number of anilines is 1. The molecular formula is C28H28N4O7S. The molecule has 12 heteroatoms. The highest BCUT2D eigenvalue weighted by molar-refractivity contribution is 7.92. The third kappa shape index (κ3) is 6.64. The fraction of sp³-hybridized carbons (Fsp3) is 0.214. The van der Waals surface area contributed by atoms with Gasteiger partial charge in [0.15, 0.2) is 29.7 Å². The van der Waals surface area contributed by atoms with Gasteiger partial charge in [0.2, 0.25) is 5.75 Å². The Bertz CT molecular complexity index is 1600. The fourth-order valence-corrected chi connectivity index (χ4v) is 4.58. The smallest absolute Gasteiger partial charge is 0.341 e. The average Bonchev–Trinajstić information content (AvgIpc) is 2.93. The van der Waals surface area contributed by atoms with Gasteiger partial charge < -0.3 is 19.3 Å².